The molecule has 0 unspecified atom stereocenters. The summed E-state index contributed by atoms with van der Waals surface area (Å²) in [6, 6.07) is 17.3. The summed E-state index contributed by atoms with van der Waals surface area (Å²) in [7, 11) is -0.837. The molecule has 0 aromatic heterocycles. The van der Waals surface area contributed by atoms with Crippen LogP contribution < -0.4 is 24.4 Å². The third-order valence-electron chi connectivity index (χ3n) is 4.87. The van der Waals surface area contributed by atoms with Gasteiger partial charge in [0, 0.05) is 0 Å². The van der Waals surface area contributed by atoms with E-state index in [0.29, 0.717) is 28.4 Å². The Morgan fingerprint density at radius 2 is 1.58 bits per heavy atom. The number of esters is 1. The molecule has 36 heavy (non-hydrogen) atoms. The molecule has 3 rings (SSSR count). The molecule has 0 fully saturated rings. The molecule has 10 nitrogen and oxygen atoms in total. The van der Waals surface area contributed by atoms with E-state index in [1.807, 2.05) is 6.92 Å². The van der Waals surface area contributed by atoms with Crippen molar-refractivity contribution < 1.29 is 32.2 Å². The Morgan fingerprint density at radius 3 is 2.22 bits per heavy atom. The van der Waals surface area contributed by atoms with E-state index in [0.717, 1.165) is 5.56 Å². The first-order chi connectivity index (χ1) is 17.2. The maximum Gasteiger partial charge on any atom is 0.343 e. The van der Waals surface area contributed by atoms with Crippen molar-refractivity contribution in [3.05, 3.63) is 83.4 Å². The van der Waals surface area contributed by atoms with Gasteiger partial charge in [-0.3, -0.25) is 4.79 Å². The zero-order valence-corrected chi connectivity index (χ0v) is 20.7. The van der Waals surface area contributed by atoms with Crippen molar-refractivity contribution in [3.8, 4) is 17.2 Å². The van der Waals surface area contributed by atoms with Gasteiger partial charge >= 0.3 is 5.97 Å². The molecule has 0 atom stereocenters. The number of amides is 1. The summed E-state index contributed by atoms with van der Waals surface area (Å²) in [5.41, 5.74) is 4.07. The van der Waals surface area contributed by atoms with Gasteiger partial charge in [0.05, 0.1) is 37.4 Å². The molecule has 11 heteroatoms. The second-order valence-electron chi connectivity index (χ2n) is 7.46. The number of benzene rings is 3. The molecule has 0 aliphatic carbocycles. The number of carbonyl (C=O) groups is 2. The molecular formula is C25H25N3O7S. The van der Waals surface area contributed by atoms with Crippen LogP contribution in [0.15, 0.2) is 76.7 Å². The average Bonchev–Trinajstić information content (AvgIpc) is 2.88. The number of ether oxygens (including phenoxy) is 3. The highest BCUT2D eigenvalue weighted by Crippen LogP contribution is 2.28. The highest BCUT2D eigenvalue weighted by Gasteiger charge is 2.15. The first kappa shape index (κ1) is 26.4. The van der Waals surface area contributed by atoms with Gasteiger partial charge in [0.15, 0.2) is 11.5 Å². The van der Waals surface area contributed by atoms with Crippen molar-refractivity contribution in [2.45, 2.75) is 11.8 Å². The number of aryl methyl sites for hydroxylation is 1. The maximum atomic E-state index is 12.4. The number of rotatable bonds is 10. The molecule has 3 aromatic rings. The predicted octanol–water partition coefficient (Wildman–Crippen LogP) is 2.66. The molecular weight excluding hydrogens is 486 g/mol. The summed E-state index contributed by atoms with van der Waals surface area (Å²) >= 11 is 0. The third kappa shape index (κ3) is 7.14. The van der Waals surface area contributed by atoms with E-state index in [9.17, 15) is 18.0 Å². The van der Waals surface area contributed by atoms with Crippen molar-refractivity contribution in [1.29, 1.82) is 0 Å². The van der Waals surface area contributed by atoms with Gasteiger partial charge in [-0.1, -0.05) is 17.7 Å². The molecule has 0 spiro atoms. The normalized spacial score (nSPS) is 11.2. The highest BCUT2D eigenvalue weighted by molar-refractivity contribution is 7.89. The van der Waals surface area contributed by atoms with Crippen molar-refractivity contribution in [2.24, 2.45) is 5.10 Å². The number of hydrogen-bond donors (Lipinski definition) is 2. The van der Waals surface area contributed by atoms with Crippen LogP contribution >= 0.6 is 0 Å². The lowest BCUT2D eigenvalue weighted by Gasteiger charge is -2.09. The lowest BCUT2D eigenvalue weighted by Crippen LogP contribution is -2.34. The zero-order chi connectivity index (χ0) is 26.1. The van der Waals surface area contributed by atoms with Crippen LogP contribution in [0, 0.1) is 6.92 Å². The van der Waals surface area contributed by atoms with Gasteiger partial charge in [-0.25, -0.2) is 23.4 Å². The summed E-state index contributed by atoms with van der Waals surface area (Å²) < 4.78 is 42.4. The summed E-state index contributed by atoms with van der Waals surface area (Å²) in [5, 5.41) is 3.81. The Hall–Kier alpha value is -4.22. The van der Waals surface area contributed by atoms with Gasteiger partial charge < -0.3 is 14.2 Å². The Balaban J connectivity index is 1.50. The first-order valence-corrected chi connectivity index (χ1v) is 12.1. The lowest BCUT2D eigenvalue weighted by atomic mass is 10.2. The minimum Gasteiger partial charge on any atom is -0.493 e. The van der Waals surface area contributed by atoms with Crippen LogP contribution in [-0.2, 0) is 14.8 Å². The smallest absolute Gasteiger partial charge is 0.343 e. The molecule has 3 aromatic carbocycles. The van der Waals surface area contributed by atoms with Gasteiger partial charge in [-0.2, -0.15) is 5.10 Å². The Labute approximate surface area is 208 Å². The summed E-state index contributed by atoms with van der Waals surface area (Å²) in [5.74, 6) is -0.00132. The lowest BCUT2D eigenvalue weighted by molar-refractivity contribution is -0.119. The van der Waals surface area contributed by atoms with Crippen LogP contribution in [0.4, 0.5) is 0 Å². The fraction of sp³-hybridized carbons (Fsp3) is 0.160. The van der Waals surface area contributed by atoms with Crippen LogP contribution in [0.2, 0.25) is 0 Å². The zero-order valence-electron chi connectivity index (χ0n) is 19.8. The van der Waals surface area contributed by atoms with Crippen LogP contribution in [0.25, 0.3) is 0 Å². The minimum absolute atomic E-state index is 0.0660. The number of nitrogens with zero attached hydrogens (tertiary/aromatic N) is 1. The Kier molecular flexibility index (Phi) is 8.76. The number of nitrogens with one attached hydrogen (secondary N) is 2. The van der Waals surface area contributed by atoms with Crippen LogP contribution in [-0.4, -0.2) is 47.3 Å². The van der Waals surface area contributed by atoms with Gasteiger partial charge in [-0.05, 0) is 67.1 Å². The van der Waals surface area contributed by atoms with E-state index in [4.69, 9.17) is 14.2 Å². The highest BCUT2D eigenvalue weighted by atomic mass is 32.2. The Bertz CT molecular complexity index is 1350. The second-order valence-corrected chi connectivity index (χ2v) is 9.23. The van der Waals surface area contributed by atoms with E-state index < -0.39 is 28.4 Å². The molecule has 0 saturated carbocycles. The number of sulfonamides is 1. The molecule has 0 saturated heterocycles. The number of hydrogen-bond acceptors (Lipinski definition) is 8. The van der Waals surface area contributed by atoms with E-state index in [2.05, 4.69) is 15.2 Å². The first-order valence-electron chi connectivity index (χ1n) is 10.6. The number of carbonyl (C=O) groups excluding carboxylic acids is 2. The van der Waals surface area contributed by atoms with Crippen molar-refractivity contribution in [3.63, 3.8) is 0 Å². The predicted molar refractivity (Wildman–Crippen MR) is 133 cm³/mol. The SMILES string of the molecule is COc1ccc(C(=O)Oc2ccc(C=NNC(=O)CNS(=O)(=O)c3ccc(C)cc3)cc2)cc1OC. The van der Waals surface area contributed by atoms with Gasteiger partial charge in [0.25, 0.3) is 5.91 Å². The molecule has 1 amide bonds. The molecule has 0 aliphatic heterocycles. The quantitative estimate of drug-likeness (QED) is 0.185. The van der Waals surface area contributed by atoms with Crippen LogP contribution in [0.3, 0.4) is 0 Å². The molecule has 2 N–H and O–H groups in total. The minimum atomic E-state index is -3.81. The number of hydrazone groups is 1. The maximum absolute atomic E-state index is 12.4. The Morgan fingerprint density at radius 1 is 0.917 bits per heavy atom. The molecule has 188 valence electrons. The van der Waals surface area contributed by atoms with Gasteiger partial charge in [0.2, 0.25) is 10.0 Å². The summed E-state index contributed by atoms with van der Waals surface area (Å²) in [6.45, 7) is 1.37. The second kappa shape index (κ2) is 12.0. The largest absolute Gasteiger partial charge is 0.493 e. The average molecular weight is 512 g/mol. The van der Waals surface area contributed by atoms with Gasteiger partial charge in [0.1, 0.15) is 5.75 Å². The summed E-state index contributed by atoms with van der Waals surface area (Å²) in [4.78, 5) is 24.4. The van der Waals surface area contributed by atoms with Crippen molar-refractivity contribution >= 4 is 28.1 Å². The van der Waals surface area contributed by atoms with Crippen molar-refractivity contribution in [2.75, 3.05) is 20.8 Å². The fourth-order valence-electron chi connectivity index (χ4n) is 2.93. The molecule has 0 bridgehead atoms. The topological polar surface area (TPSA) is 132 Å². The standard InChI is InChI=1S/C25H25N3O7S/c1-17-4-11-21(12-5-17)36(31,32)27-16-24(29)28-26-15-18-6-9-20(10-7-18)35-25(30)19-8-13-22(33-2)23(14-19)34-3/h4-15,27H,16H2,1-3H3,(H,28,29). The van der Waals surface area contributed by atoms with E-state index in [1.54, 1.807) is 48.5 Å². The summed E-state index contributed by atoms with van der Waals surface area (Å²) in [6.07, 6.45) is 1.37. The van der Waals surface area contributed by atoms with E-state index in [1.165, 1.54) is 38.6 Å². The monoisotopic (exact) mass is 511 g/mol. The van der Waals surface area contributed by atoms with Crippen molar-refractivity contribution in [1.82, 2.24) is 10.1 Å². The fourth-order valence-corrected chi connectivity index (χ4v) is 3.91. The van der Waals surface area contributed by atoms with Crippen LogP contribution in [0.1, 0.15) is 21.5 Å². The third-order valence-corrected chi connectivity index (χ3v) is 6.28. The molecule has 0 aliphatic rings. The van der Waals surface area contributed by atoms with E-state index in [-0.39, 0.29) is 4.90 Å². The number of methoxy groups -OCH3 is 2. The van der Waals surface area contributed by atoms with Gasteiger partial charge in [-0.15, -0.1) is 0 Å². The van der Waals surface area contributed by atoms with E-state index >= 15 is 0 Å². The molecule has 0 heterocycles. The van der Waals surface area contributed by atoms with Crippen LogP contribution in [0.5, 0.6) is 17.2 Å². The molecule has 0 radical (unpaired) electrons.